The summed E-state index contributed by atoms with van der Waals surface area (Å²) in [4.78, 5) is 27.6. The lowest BCUT2D eigenvalue weighted by Crippen LogP contribution is -2.59. The summed E-state index contributed by atoms with van der Waals surface area (Å²) in [5, 5.41) is 0. The molecule has 1 heterocycles. The van der Waals surface area contributed by atoms with Gasteiger partial charge < -0.3 is 14.4 Å². The van der Waals surface area contributed by atoms with Crippen LogP contribution in [-0.4, -0.2) is 37.0 Å². The maximum Gasteiger partial charge on any atom is 0.309 e. The summed E-state index contributed by atoms with van der Waals surface area (Å²) in [6, 6.07) is 7.94. The van der Waals surface area contributed by atoms with Crippen LogP contribution in [0.2, 0.25) is 0 Å². The number of β-lactam (4-membered cyclic amide) rings is 1. The number of hydrogen-bond donors (Lipinski definition) is 0. The van der Waals surface area contributed by atoms with Gasteiger partial charge in [-0.3, -0.25) is 9.59 Å². The van der Waals surface area contributed by atoms with E-state index < -0.39 is 0 Å². The Kier molecular flexibility index (Phi) is 6.76. The van der Waals surface area contributed by atoms with Crippen LogP contribution in [0.5, 0.6) is 5.75 Å². The molecule has 5 nitrogen and oxygen atoms in total. The molecule has 4 atom stereocenters. The molecule has 28 heavy (non-hydrogen) atoms. The second kappa shape index (κ2) is 9.26. The van der Waals surface area contributed by atoms with Crippen molar-refractivity contribution < 1.29 is 19.1 Å². The van der Waals surface area contributed by atoms with Gasteiger partial charge in [-0.25, -0.2) is 0 Å². The van der Waals surface area contributed by atoms with Gasteiger partial charge in [-0.05, 0) is 43.9 Å². The van der Waals surface area contributed by atoms with Gasteiger partial charge in [-0.2, -0.15) is 0 Å². The predicted octanol–water partition coefficient (Wildman–Crippen LogP) is 4.14. The highest BCUT2D eigenvalue weighted by molar-refractivity contribution is 5.88. The molecular formula is C23H31NO4. The molecule has 1 amide bonds. The second-order valence-electron chi connectivity index (χ2n) is 7.57. The summed E-state index contributed by atoms with van der Waals surface area (Å²) < 4.78 is 10.6. The molecule has 0 N–H and O–H groups in total. The largest absolute Gasteiger partial charge is 0.497 e. The Hall–Kier alpha value is -2.30. The van der Waals surface area contributed by atoms with Crippen molar-refractivity contribution >= 4 is 11.9 Å². The molecule has 1 aliphatic heterocycles. The standard InChI is InChI=1S/C23H31NO4/c1-4-6-15-24-21(16-11-13-17(27-3)14-12-16)20(22(24)25)18-9-7-8-10-19(18)23(26)28-5-2/h7,9,11-14,18-21H,4-6,8,10,15H2,1-3H3/t18-,19-,20+,21-/m0/s1. The van der Waals surface area contributed by atoms with Gasteiger partial charge in [0.15, 0.2) is 0 Å². The molecule has 0 radical (unpaired) electrons. The normalized spacial score (nSPS) is 26.7. The minimum atomic E-state index is -0.243. The van der Waals surface area contributed by atoms with E-state index in [-0.39, 0.29) is 35.7 Å². The Morgan fingerprint density at radius 2 is 1.96 bits per heavy atom. The number of rotatable bonds is 8. The third kappa shape index (κ3) is 3.94. The summed E-state index contributed by atoms with van der Waals surface area (Å²) in [5.41, 5.74) is 1.10. The van der Waals surface area contributed by atoms with Crippen LogP contribution in [0.3, 0.4) is 0 Å². The molecule has 0 unspecified atom stereocenters. The van der Waals surface area contributed by atoms with Crippen LogP contribution in [-0.2, 0) is 14.3 Å². The molecule has 3 rings (SSSR count). The van der Waals surface area contributed by atoms with Gasteiger partial charge in [-0.15, -0.1) is 0 Å². The van der Waals surface area contributed by atoms with E-state index in [1.54, 1.807) is 7.11 Å². The number of methoxy groups -OCH3 is 1. The number of nitrogens with zero attached hydrogens (tertiary/aromatic N) is 1. The molecule has 0 aromatic heterocycles. The lowest BCUT2D eigenvalue weighted by molar-refractivity contribution is -0.165. The van der Waals surface area contributed by atoms with Crippen LogP contribution in [0, 0.1) is 17.8 Å². The number of esters is 1. The zero-order valence-corrected chi connectivity index (χ0v) is 17.1. The number of benzene rings is 1. The molecule has 5 heteroatoms. The highest BCUT2D eigenvalue weighted by Crippen LogP contribution is 2.49. The van der Waals surface area contributed by atoms with E-state index >= 15 is 0 Å². The monoisotopic (exact) mass is 385 g/mol. The van der Waals surface area contributed by atoms with Crippen molar-refractivity contribution in [3.63, 3.8) is 0 Å². The molecule has 0 saturated carbocycles. The zero-order chi connectivity index (χ0) is 20.1. The van der Waals surface area contributed by atoms with Crippen LogP contribution < -0.4 is 4.74 Å². The smallest absolute Gasteiger partial charge is 0.309 e. The lowest BCUT2D eigenvalue weighted by Gasteiger charge is -2.51. The molecule has 1 fully saturated rings. The highest BCUT2D eigenvalue weighted by Gasteiger charge is 2.53. The van der Waals surface area contributed by atoms with Crippen molar-refractivity contribution in [3.8, 4) is 5.75 Å². The number of ether oxygens (including phenoxy) is 2. The Labute approximate surface area is 167 Å². The summed E-state index contributed by atoms with van der Waals surface area (Å²) in [5.74, 6) is 0.215. The topological polar surface area (TPSA) is 55.8 Å². The van der Waals surface area contributed by atoms with Gasteiger partial charge >= 0.3 is 5.97 Å². The van der Waals surface area contributed by atoms with Crippen molar-refractivity contribution in [3.05, 3.63) is 42.0 Å². The molecule has 2 aliphatic rings. The number of allylic oxidation sites excluding steroid dienone is 2. The summed E-state index contributed by atoms with van der Waals surface area (Å²) in [6.07, 6.45) is 7.79. The van der Waals surface area contributed by atoms with E-state index in [0.29, 0.717) is 6.61 Å². The number of unbranched alkanes of at least 4 members (excludes halogenated alkanes) is 1. The van der Waals surface area contributed by atoms with E-state index in [1.165, 1.54) is 0 Å². The van der Waals surface area contributed by atoms with Crippen molar-refractivity contribution in [1.82, 2.24) is 4.90 Å². The van der Waals surface area contributed by atoms with Gasteiger partial charge in [0.25, 0.3) is 0 Å². The third-order valence-corrected chi connectivity index (χ3v) is 5.93. The molecule has 1 aliphatic carbocycles. The first-order chi connectivity index (χ1) is 13.6. The summed E-state index contributed by atoms with van der Waals surface area (Å²) in [6.45, 7) is 5.08. The number of carbonyl (C=O) groups excluding carboxylic acids is 2. The highest BCUT2D eigenvalue weighted by atomic mass is 16.5. The van der Waals surface area contributed by atoms with Crippen LogP contribution in [0.15, 0.2) is 36.4 Å². The van der Waals surface area contributed by atoms with Gasteiger partial charge in [0.05, 0.1) is 31.6 Å². The lowest BCUT2D eigenvalue weighted by atomic mass is 9.67. The Bertz CT molecular complexity index is 712. The average Bonchev–Trinajstić information content (AvgIpc) is 2.72. The number of hydrogen-bond acceptors (Lipinski definition) is 4. The molecule has 1 saturated heterocycles. The minimum absolute atomic E-state index is 0.00497. The Balaban J connectivity index is 1.89. The minimum Gasteiger partial charge on any atom is -0.497 e. The van der Waals surface area contributed by atoms with Crippen molar-refractivity contribution in [2.45, 2.75) is 45.6 Å². The first kappa shape index (κ1) is 20.4. The van der Waals surface area contributed by atoms with Crippen LogP contribution >= 0.6 is 0 Å². The average molecular weight is 386 g/mol. The Morgan fingerprint density at radius 1 is 1.21 bits per heavy atom. The number of amides is 1. The van der Waals surface area contributed by atoms with E-state index in [1.807, 2.05) is 36.1 Å². The molecule has 152 valence electrons. The third-order valence-electron chi connectivity index (χ3n) is 5.93. The second-order valence-corrected chi connectivity index (χ2v) is 7.57. The molecular weight excluding hydrogens is 354 g/mol. The number of likely N-dealkylation sites (tertiary alicyclic amines) is 1. The number of carbonyl (C=O) groups is 2. The predicted molar refractivity (Wildman–Crippen MR) is 108 cm³/mol. The fourth-order valence-corrected chi connectivity index (χ4v) is 4.47. The summed E-state index contributed by atoms with van der Waals surface area (Å²) in [7, 11) is 1.65. The Morgan fingerprint density at radius 3 is 2.61 bits per heavy atom. The van der Waals surface area contributed by atoms with E-state index in [4.69, 9.17) is 9.47 Å². The van der Waals surface area contributed by atoms with Crippen molar-refractivity contribution in [2.75, 3.05) is 20.3 Å². The molecule has 0 bridgehead atoms. The summed E-state index contributed by atoms with van der Waals surface area (Å²) >= 11 is 0. The molecule has 1 aromatic rings. The van der Waals surface area contributed by atoms with Gasteiger partial charge in [0, 0.05) is 12.5 Å². The maximum absolute atomic E-state index is 13.1. The fourth-order valence-electron chi connectivity index (χ4n) is 4.47. The molecule has 0 spiro atoms. The van der Waals surface area contributed by atoms with E-state index in [0.717, 1.165) is 43.5 Å². The quantitative estimate of drug-likeness (QED) is 0.383. The van der Waals surface area contributed by atoms with Gasteiger partial charge in [0.1, 0.15) is 5.75 Å². The van der Waals surface area contributed by atoms with E-state index in [2.05, 4.69) is 19.1 Å². The van der Waals surface area contributed by atoms with Crippen LogP contribution in [0.4, 0.5) is 0 Å². The van der Waals surface area contributed by atoms with Gasteiger partial charge in [0.2, 0.25) is 5.91 Å². The van der Waals surface area contributed by atoms with E-state index in [9.17, 15) is 9.59 Å². The van der Waals surface area contributed by atoms with Crippen LogP contribution in [0.25, 0.3) is 0 Å². The van der Waals surface area contributed by atoms with Gasteiger partial charge in [-0.1, -0.05) is 37.6 Å². The molecule has 1 aromatic carbocycles. The zero-order valence-electron chi connectivity index (χ0n) is 17.1. The van der Waals surface area contributed by atoms with Crippen LogP contribution in [0.1, 0.15) is 51.1 Å². The fraction of sp³-hybridized carbons (Fsp3) is 0.565. The maximum atomic E-state index is 13.1. The first-order valence-corrected chi connectivity index (χ1v) is 10.4. The van der Waals surface area contributed by atoms with Crippen molar-refractivity contribution in [2.24, 2.45) is 17.8 Å². The SMILES string of the molecule is CCCCN1C(=O)[C@H]([C@H]2C=CCC[C@@H]2C(=O)OCC)[C@@H]1c1ccc(OC)cc1. The first-order valence-electron chi connectivity index (χ1n) is 10.4. The van der Waals surface area contributed by atoms with Crippen molar-refractivity contribution in [1.29, 1.82) is 0 Å².